The Morgan fingerprint density at radius 3 is 2.55 bits per heavy atom. The predicted molar refractivity (Wildman–Crippen MR) is 75.9 cm³/mol. The smallest absolute Gasteiger partial charge is 0.211 e. The molecule has 1 fully saturated rings. The van der Waals surface area contributed by atoms with Gasteiger partial charge in [-0.1, -0.05) is 11.6 Å². The lowest BCUT2D eigenvalue weighted by Gasteiger charge is -2.34. The summed E-state index contributed by atoms with van der Waals surface area (Å²) in [5.74, 6) is 0. The summed E-state index contributed by atoms with van der Waals surface area (Å²) in [6, 6.07) is 5.77. The molecule has 0 aromatic heterocycles. The molecule has 108 valence electrons. The van der Waals surface area contributed by atoms with Crippen LogP contribution in [0.1, 0.15) is 19.8 Å². The maximum absolute atomic E-state index is 12.5. The van der Waals surface area contributed by atoms with Crippen molar-refractivity contribution in [3.8, 4) is 0 Å². The van der Waals surface area contributed by atoms with E-state index in [9.17, 15) is 13.2 Å². The van der Waals surface area contributed by atoms with Crippen LogP contribution < -0.4 is 0 Å². The Labute approximate surface area is 123 Å². The first-order chi connectivity index (χ1) is 9.45. The fourth-order valence-corrected chi connectivity index (χ4v) is 4.20. The van der Waals surface area contributed by atoms with Gasteiger partial charge in [0.2, 0.25) is 16.1 Å². The SMILES string of the molecule is CC1CC(N=C=O)CCN1S(=O)(=O)c1ccc(Cl)cc1. The molecule has 2 atom stereocenters. The number of rotatable bonds is 3. The number of hydrogen-bond acceptors (Lipinski definition) is 4. The van der Waals surface area contributed by atoms with Crippen molar-refractivity contribution in [3.05, 3.63) is 29.3 Å². The molecule has 0 aliphatic carbocycles. The van der Waals surface area contributed by atoms with Crippen molar-refractivity contribution in [2.75, 3.05) is 6.54 Å². The van der Waals surface area contributed by atoms with Gasteiger partial charge in [-0.2, -0.15) is 4.31 Å². The molecule has 0 radical (unpaired) electrons. The molecule has 0 bridgehead atoms. The summed E-state index contributed by atoms with van der Waals surface area (Å²) in [5.41, 5.74) is 0. The first-order valence-corrected chi connectivity index (χ1v) is 8.11. The normalized spacial score (nSPS) is 24.1. The van der Waals surface area contributed by atoms with E-state index in [1.165, 1.54) is 16.4 Å². The summed E-state index contributed by atoms with van der Waals surface area (Å²) in [4.78, 5) is 14.2. The number of isocyanates is 1. The Morgan fingerprint density at radius 2 is 2.00 bits per heavy atom. The van der Waals surface area contributed by atoms with Crippen LogP contribution in [0.25, 0.3) is 0 Å². The van der Waals surface area contributed by atoms with Gasteiger partial charge in [-0.15, -0.1) is 0 Å². The van der Waals surface area contributed by atoms with Crippen LogP contribution in [0.4, 0.5) is 0 Å². The largest absolute Gasteiger partial charge is 0.243 e. The van der Waals surface area contributed by atoms with Crippen molar-refractivity contribution in [2.45, 2.75) is 36.7 Å². The third kappa shape index (κ3) is 3.10. The number of sulfonamides is 1. The second-order valence-corrected chi connectivity index (χ2v) is 7.14. The maximum atomic E-state index is 12.5. The fraction of sp³-hybridized carbons (Fsp3) is 0.462. The molecule has 1 aromatic rings. The lowest BCUT2D eigenvalue weighted by molar-refractivity contribution is 0.248. The minimum Gasteiger partial charge on any atom is -0.211 e. The number of hydrogen-bond donors (Lipinski definition) is 0. The van der Waals surface area contributed by atoms with Crippen molar-refractivity contribution in [1.29, 1.82) is 0 Å². The van der Waals surface area contributed by atoms with Gasteiger partial charge < -0.3 is 0 Å². The number of piperidine rings is 1. The Bertz CT molecular complexity index is 624. The van der Waals surface area contributed by atoms with Crippen LogP contribution in [0.15, 0.2) is 34.2 Å². The Hall–Kier alpha value is -1.20. The predicted octanol–water partition coefficient (Wildman–Crippen LogP) is 2.22. The minimum absolute atomic E-state index is 0.140. The summed E-state index contributed by atoms with van der Waals surface area (Å²) < 4.78 is 26.5. The Kier molecular flexibility index (Phi) is 4.60. The molecule has 7 heteroatoms. The molecule has 0 N–H and O–H groups in total. The zero-order chi connectivity index (χ0) is 14.8. The monoisotopic (exact) mass is 314 g/mol. The standard InChI is InChI=1S/C13H15ClN2O3S/c1-10-8-12(15-9-17)6-7-16(10)20(18,19)13-4-2-11(14)3-5-13/h2-5,10,12H,6-8H2,1H3. The number of benzene rings is 1. The second-order valence-electron chi connectivity index (χ2n) is 4.82. The van der Waals surface area contributed by atoms with Crippen LogP contribution in [-0.2, 0) is 14.8 Å². The van der Waals surface area contributed by atoms with Crippen molar-refractivity contribution in [2.24, 2.45) is 4.99 Å². The molecule has 1 aliphatic rings. The highest BCUT2D eigenvalue weighted by molar-refractivity contribution is 7.89. The molecule has 1 saturated heterocycles. The van der Waals surface area contributed by atoms with E-state index in [-0.39, 0.29) is 17.0 Å². The molecule has 1 aliphatic heterocycles. The van der Waals surface area contributed by atoms with Crippen LogP contribution in [0.5, 0.6) is 0 Å². The highest BCUT2D eigenvalue weighted by atomic mass is 35.5. The second kappa shape index (κ2) is 6.06. The van der Waals surface area contributed by atoms with E-state index in [0.29, 0.717) is 24.4 Å². The minimum atomic E-state index is -3.53. The van der Waals surface area contributed by atoms with E-state index < -0.39 is 10.0 Å². The van der Waals surface area contributed by atoms with Gasteiger partial charge in [0.25, 0.3) is 0 Å². The molecule has 0 spiro atoms. The van der Waals surface area contributed by atoms with Gasteiger partial charge >= 0.3 is 0 Å². The van der Waals surface area contributed by atoms with E-state index in [1.807, 2.05) is 6.92 Å². The highest BCUT2D eigenvalue weighted by Gasteiger charge is 2.34. The molecule has 2 unspecified atom stereocenters. The van der Waals surface area contributed by atoms with Crippen molar-refractivity contribution < 1.29 is 13.2 Å². The highest BCUT2D eigenvalue weighted by Crippen LogP contribution is 2.27. The van der Waals surface area contributed by atoms with Crippen LogP contribution >= 0.6 is 11.6 Å². The van der Waals surface area contributed by atoms with Crippen molar-refractivity contribution in [1.82, 2.24) is 4.31 Å². The molecule has 1 aromatic carbocycles. The van der Waals surface area contributed by atoms with Gasteiger partial charge in [-0.25, -0.2) is 18.2 Å². The number of aliphatic imine (C=N–C) groups is 1. The summed E-state index contributed by atoms with van der Waals surface area (Å²) in [7, 11) is -3.53. The number of carbonyl (C=O) groups excluding carboxylic acids is 1. The molecule has 2 rings (SSSR count). The maximum Gasteiger partial charge on any atom is 0.243 e. The molecule has 0 amide bonds. The van der Waals surface area contributed by atoms with E-state index in [0.717, 1.165) is 0 Å². The molecule has 0 saturated carbocycles. The summed E-state index contributed by atoms with van der Waals surface area (Å²) in [6.07, 6.45) is 2.61. The Balaban J connectivity index is 2.22. The average Bonchev–Trinajstić information content (AvgIpc) is 2.39. The van der Waals surface area contributed by atoms with Crippen LogP contribution in [0, 0.1) is 0 Å². The van der Waals surface area contributed by atoms with Gasteiger partial charge in [0.1, 0.15) is 0 Å². The van der Waals surface area contributed by atoms with E-state index in [2.05, 4.69) is 4.99 Å². The van der Waals surface area contributed by atoms with Gasteiger partial charge in [-0.3, -0.25) is 0 Å². The van der Waals surface area contributed by atoms with E-state index >= 15 is 0 Å². The van der Waals surface area contributed by atoms with Gasteiger partial charge in [0.15, 0.2) is 0 Å². The average molecular weight is 315 g/mol. The van der Waals surface area contributed by atoms with Crippen molar-refractivity contribution in [3.63, 3.8) is 0 Å². The first-order valence-electron chi connectivity index (χ1n) is 6.29. The molecule has 20 heavy (non-hydrogen) atoms. The van der Waals surface area contributed by atoms with Gasteiger partial charge in [-0.05, 0) is 44.0 Å². The van der Waals surface area contributed by atoms with E-state index in [4.69, 9.17) is 11.6 Å². The van der Waals surface area contributed by atoms with Crippen LogP contribution in [0.2, 0.25) is 5.02 Å². The third-order valence-electron chi connectivity index (χ3n) is 3.44. The van der Waals surface area contributed by atoms with E-state index in [1.54, 1.807) is 18.2 Å². The lowest BCUT2D eigenvalue weighted by atomic mass is 10.0. The lowest BCUT2D eigenvalue weighted by Crippen LogP contribution is -2.45. The van der Waals surface area contributed by atoms with Gasteiger partial charge in [0.05, 0.1) is 10.9 Å². The first kappa shape index (κ1) is 15.2. The zero-order valence-corrected chi connectivity index (χ0v) is 12.6. The summed E-state index contributed by atoms with van der Waals surface area (Å²) >= 11 is 5.77. The summed E-state index contributed by atoms with van der Waals surface area (Å²) in [6.45, 7) is 2.17. The van der Waals surface area contributed by atoms with Crippen LogP contribution in [0.3, 0.4) is 0 Å². The fourth-order valence-electron chi connectivity index (χ4n) is 2.42. The molecular weight excluding hydrogens is 300 g/mol. The third-order valence-corrected chi connectivity index (χ3v) is 5.72. The molecule has 1 heterocycles. The number of halogens is 1. The van der Waals surface area contributed by atoms with Gasteiger partial charge in [0, 0.05) is 17.6 Å². The quantitative estimate of drug-likeness (QED) is 0.634. The Morgan fingerprint density at radius 1 is 1.35 bits per heavy atom. The van der Waals surface area contributed by atoms with Crippen LogP contribution in [-0.4, -0.2) is 37.4 Å². The summed E-state index contributed by atoms with van der Waals surface area (Å²) in [5, 5.41) is 0.496. The van der Waals surface area contributed by atoms with Crippen molar-refractivity contribution >= 4 is 27.7 Å². The molecular formula is C13H15ClN2O3S. The molecule has 5 nitrogen and oxygen atoms in total. The number of nitrogens with zero attached hydrogens (tertiary/aromatic N) is 2. The topological polar surface area (TPSA) is 66.8 Å². The zero-order valence-electron chi connectivity index (χ0n) is 11.0.